The molecule has 4 nitrogen and oxygen atoms in total. The second-order valence-corrected chi connectivity index (χ2v) is 5.51. The Kier molecular flexibility index (Phi) is 4.44. The van der Waals surface area contributed by atoms with E-state index in [0.717, 1.165) is 12.1 Å². The number of hydrogen-bond acceptors (Lipinski definition) is 3. The summed E-state index contributed by atoms with van der Waals surface area (Å²) in [6.07, 6.45) is 0. The lowest BCUT2D eigenvalue weighted by Crippen LogP contribution is -2.29. The van der Waals surface area contributed by atoms with Gasteiger partial charge in [0.05, 0.1) is 4.92 Å². The highest BCUT2D eigenvalue weighted by atomic mass is 19.2. The summed E-state index contributed by atoms with van der Waals surface area (Å²) in [6, 6.07) is 1.72. The number of hydrogen-bond donors (Lipinski definition) is 1. The molecule has 6 heteroatoms. The second-order valence-electron chi connectivity index (χ2n) is 5.51. The molecule has 0 amide bonds. The van der Waals surface area contributed by atoms with Gasteiger partial charge in [0.2, 0.25) is 0 Å². The smallest absolute Gasteiger partial charge is 0.295 e. The Hall–Kier alpha value is -1.72. The highest BCUT2D eigenvalue weighted by molar-refractivity contribution is 5.62. The van der Waals surface area contributed by atoms with Crippen LogP contribution in [-0.2, 0) is 0 Å². The fourth-order valence-corrected chi connectivity index (χ4v) is 1.38. The molecule has 0 aliphatic heterocycles. The zero-order valence-corrected chi connectivity index (χ0v) is 11.5. The van der Waals surface area contributed by atoms with E-state index in [1.54, 1.807) is 0 Å². The fraction of sp³-hybridized carbons (Fsp3) is 0.538. The topological polar surface area (TPSA) is 55.2 Å². The van der Waals surface area contributed by atoms with Crippen molar-refractivity contribution < 1.29 is 13.7 Å². The van der Waals surface area contributed by atoms with E-state index < -0.39 is 27.9 Å². The van der Waals surface area contributed by atoms with Crippen LogP contribution in [-0.4, -0.2) is 11.5 Å². The Morgan fingerprint density at radius 2 is 1.95 bits per heavy atom. The summed E-state index contributed by atoms with van der Waals surface area (Å²) in [5.41, 5.74) is -1.05. The van der Waals surface area contributed by atoms with Gasteiger partial charge in [-0.2, -0.15) is 0 Å². The fourth-order valence-electron chi connectivity index (χ4n) is 1.38. The minimum absolute atomic E-state index is 0.202. The van der Waals surface area contributed by atoms with E-state index in [1.807, 2.05) is 27.7 Å². The maximum atomic E-state index is 13.7. The molecule has 0 fully saturated rings. The molecule has 0 spiro atoms. The van der Waals surface area contributed by atoms with Crippen LogP contribution in [0.4, 0.5) is 20.2 Å². The molecule has 0 aliphatic carbocycles. The van der Waals surface area contributed by atoms with Gasteiger partial charge in [-0.05, 0) is 17.4 Å². The molecule has 0 atom stereocenters. The van der Waals surface area contributed by atoms with E-state index in [0.29, 0.717) is 6.54 Å². The van der Waals surface area contributed by atoms with Gasteiger partial charge in [-0.1, -0.05) is 27.7 Å². The van der Waals surface area contributed by atoms with E-state index in [9.17, 15) is 18.9 Å². The summed E-state index contributed by atoms with van der Waals surface area (Å²) >= 11 is 0. The van der Waals surface area contributed by atoms with Crippen molar-refractivity contribution in [2.24, 2.45) is 11.3 Å². The van der Waals surface area contributed by atoms with Crippen LogP contribution in [0.15, 0.2) is 12.1 Å². The lowest BCUT2D eigenvalue weighted by atomic mass is 9.81. The number of halogens is 2. The first-order chi connectivity index (χ1) is 8.66. The summed E-state index contributed by atoms with van der Waals surface area (Å²) in [5, 5.41) is 13.5. The molecule has 1 aromatic rings. The Morgan fingerprint density at radius 1 is 1.37 bits per heavy atom. The molecular formula is C13H18F2N2O2. The SMILES string of the molecule is CC(C)C(C)(C)CNc1c([N+](=O)[O-])ccc(F)c1F. The van der Waals surface area contributed by atoms with Crippen LogP contribution in [0.25, 0.3) is 0 Å². The zero-order chi connectivity index (χ0) is 14.8. The third-order valence-electron chi connectivity index (χ3n) is 3.55. The Labute approximate surface area is 111 Å². The molecule has 19 heavy (non-hydrogen) atoms. The van der Waals surface area contributed by atoms with Crippen molar-refractivity contribution in [3.63, 3.8) is 0 Å². The number of rotatable bonds is 5. The molecule has 1 N–H and O–H groups in total. The van der Waals surface area contributed by atoms with Crippen molar-refractivity contribution >= 4 is 11.4 Å². The largest absolute Gasteiger partial charge is 0.376 e. The minimum atomic E-state index is -1.21. The molecule has 106 valence electrons. The van der Waals surface area contributed by atoms with Gasteiger partial charge >= 0.3 is 0 Å². The third-order valence-corrected chi connectivity index (χ3v) is 3.55. The van der Waals surface area contributed by atoms with Gasteiger partial charge < -0.3 is 5.32 Å². The van der Waals surface area contributed by atoms with Crippen LogP contribution in [0.2, 0.25) is 0 Å². The number of nitro groups is 1. The number of nitrogens with one attached hydrogen (secondary N) is 1. The van der Waals surface area contributed by atoms with Crippen molar-refractivity contribution in [2.45, 2.75) is 27.7 Å². The lowest BCUT2D eigenvalue weighted by Gasteiger charge is -2.29. The van der Waals surface area contributed by atoms with E-state index in [4.69, 9.17) is 0 Å². The van der Waals surface area contributed by atoms with Crippen LogP contribution >= 0.6 is 0 Å². The maximum absolute atomic E-state index is 13.7. The van der Waals surface area contributed by atoms with Crippen molar-refractivity contribution in [1.29, 1.82) is 0 Å². The molecule has 0 heterocycles. The van der Waals surface area contributed by atoms with Gasteiger partial charge in [-0.15, -0.1) is 0 Å². The molecule has 0 unspecified atom stereocenters. The van der Waals surface area contributed by atoms with Crippen molar-refractivity contribution in [3.8, 4) is 0 Å². The molecule has 1 aromatic carbocycles. The first kappa shape index (κ1) is 15.3. The average Bonchev–Trinajstić information content (AvgIpc) is 2.30. The molecule has 0 aromatic heterocycles. The number of anilines is 1. The molecule has 0 bridgehead atoms. The predicted molar refractivity (Wildman–Crippen MR) is 70.1 cm³/mol. The van der Waals surface area contributed by atoms with Gasteiger partial charge in [0.1, 0.15) is 0 Å². The summed E-state index contributed by atoms with van der Waals surface area (Å²) < 4.78 is 26.8. The van der Waals surface area contributed by atoms with E-state index in [1.165, 1.54) is 0 Å². The molecule has 0 radical (unpaired) electrons. The minimum Gasteiger partial charge on any atom is -0.376 e. The van der Waals surface area contributed by atoms with Crippen LogP contribution in [0.3, 0.4) is 0 Å². The van der Waals surface area contributed by atoms with Crippen LogP contribution in [0.5, 0.6) is 0 Å². The van der Waals surface area contributed by atoms with E-state index >= 15 is 0 Å². The summed E-state index contributed by atoms with van der Waals surface area (Å²) in [7, 11) is 0. The van der Waals surface area contributed by atoms with E-state index in [2.05, 4.69) is 5.32 Å². The van der Waals surface area contributed by atoms with Crippen molar-refractivity contribution in [3.05, 3.63) is 33.9 Å². The second kappa shape index (κ2) is 5.50. The predicted octanol–water partition coefficient (Wildman–Crippen LogP) is 3.97. The molecule has 0 saturated heterocycles. The molecule has 0 aliphatic rings. The van der Waals surface area contributed by atoms with Gasteiger partial charge in [-0.25, -0.2) is 8.78 Å². The van der Waals surface area contributed by atoms with Gasteiger partial charge in [0.15, 0.2) is 17.3 Å². The van der Waals surface area contributed by atoms with Crippen LogP contribution in [0, 0.1) is 33.1 Å². The summed E-state index contributed by atoms with van der Waals surface area (Å²) in [5.74, 6) is -2.03. The highest BCUT2D eigenvalue weighted by Gasteiger charge is 2.26. The van der Waals surface area contributed by atoms with Gasteiger partial charge in [0.25, 0.3) is 5.69 Å². The standard InChI is InChI=1S/C13H18F2N2O2/c1-8(2)13(3,4)7-16-12-10(17(18)19)6-5-9(14)11(12)15/h5-6,8,16H,7H2,1-4H3. The number of benzene rings is 1. The summed E-state index contributed by atoms with van der Waals surface area (Å²) in [4.78, 5) is 10.1. The zero-order valence-electron chi connectivity index (χ0n) is 11.5. The maximum Gasteiger partial charge on any atom is 0.295 e. The van der Waals surface area contributed by atoms with Crippen molar-refractivity contribution in [2.75, 3.05) is 11.9 Å². The molecule has 0 saturated carbocycles. The Bertz CT molecular complexity index is 488. The van der Waals surface area contributed by atoms with E-state index in [-0.39, 0.29) is 11.3 Å². The van der Waals surface area contributed by atoms with Gasteiger partial charge in [0, 0.05) is 12.6 Å². The average molecular weight is 272 g/mol. The van der Waals surface area contributed by atoms with Crippen LogP contribution < -0.4 is 5.32 Å². The first-order valence-corrected chi connectivity index (χ1v) is 6.03. The summed E-state index contributed by atoms with van der Waals surface area (Å²) in [6.45, 7) is 8.21. The van der Waals surface area contributed by atoms with Gasteiger partial charge in [-0.3, -0.25) is 10.1 Å². The first-order valence-electron chi connectivity index (χ1n) is 6.03. The van der Waals surface area contributed by atoms with Crippen molar-refractivity contribution in [1.82, 2.24) is 0 Å². The number of nitrogens with zero attached hydrogens (tertiary/aromatic N) is 1. The van der Waals surface area contributed by atoms with Crippen LogP contribution in [0.1, 0.15) is 27.7 Å². The third kappa shape index (κ3) is 3.39. The lowest BCUT2D eigenvalue weighted by molar-refractivity contribution is -0.384. The molecular weight excluding hydrogens is 254 g/mol. The normalized spacial score (nSPS) is 11.7. The Balaban J connectivity index is 3.06. The monoisotopic (exact) mass is 272 g/mol. The highest BCUT2D eigenvalue weighted by Crippen LogP contribution is 2.32. The molecule has 1 rings (SSSR count). The quantitative estimate of drug-likeness (QED) is 0.652. The Morgan fingerprint density at radius 3 is 2.42 bits per heavy atom. The number of nitro benzene ring substituents is 1.